The summed E-state index contributed by atoms with van der Waals surface area (Å²) in [5, 5.41) is 19.2. The number of hydrogen-bond acceptors (Lipinski definition) is 7. The van der Waals surface area contributed by atoms with Crippen LogP contribution in [0.1, 0.15) is 6.92 Å². The Kier molecular flexibility index (Phi) is 3.99. The molecule has 20 heavy (non-hydrogen) atoms. The zero-order chi connectivity index (χ0) is 14.7. The summed E-state index contributed by atoms with van der Waals surface area (Å²) < 4.78 is 9.22. The number of nitrogens with one attached hydrogen (secondary N) is 1. The fourth-order valence-electron chi connectivity index (χ4n) is 1.60. The zero-order valence-electron chi connectivity index (χ0n) is 10.3. The van der Waals surface area contributed by atoms with Crippen LogP contribution in [0.2, 0.25) is 5.02 Å². The maximum Gasteiger partial charge on any atom is 0.370 e. The molecule has 2 N–H and O–H groups in total. The summed E-state index contributed by atoms with van der Waals surface area (Å²) in [6.45, 7) is 1.59. The molecule has 2 rings (SSSR count). The summed E-state index contributed by atoms with van der Waals surface area (Å²) in [7, 11) is 0. The van der Waals surface area contributed by atoms with E-state index in [2.05, 4.69) is 20.3 Å². The van der Waals surface area contributed by atoms with Crippen LogP contribution < -0.4 is 5.32 Å². The standard InChI is InChI=1S/C10H10ClN4O5/c1-5(16)19-3-2-12-7-4-6(11)8-9(14-20-13-8)10(7)15(17)18/h4,12H,2-3H2,1H3,(H,17,18)/q+1. The van der Waals surface area contributed by atoms with Gasteiger partial charge in [0.15, 0.2) is 5.52 Å². The Morgan fingerprint density at radius 3 is 2.90 bits per heavy atom. The lowest BCUT2D eigenvalue weighted by Crippen LogP contribution is -2.13. The first-order valence-electron chi connectivity index (χ1n) is 5.49. The molecule has 9 nitrogen and oxygen atoms in total. The van der Waals surface area contributed by atoms with Crippen LogP contribution in [-0.4, -0.2) is 39.6 Å². The summed E-state index contributed by atoms with van der Waals surface area (Å²) in [6.07, 6.45) is 0. The Bertz CT molecular complexity index is 671. The van der Waals surface area contributed by atoms with Gasteiger partial charge in [0.05, 0.1) is 9.93 Å². The van der Waals surface area contributed by atoms with Crippen LogP contribution in [0.4, 0.5) is 11.4 Å². The molecular weight excluding hydrogens is 292 g/mol. The van der Waals surface area contributed by atoms with Gasteiger partial charge in [0.25, 0.3) is 4.92 Å². The van der Waals surface area contributed by atoms with E-state index in [4.69, 9.17) is 21.5 Å². The molecule has 0 fully saturated rings. The van der Waals surface area contributed by atoms with Gasteiger partial charge in [0, 0.05) is 13.5 Å². The lowest BCUT2D eigenvalue weighted by molar-refractivity contribution is -0.728. The molecule has 1 heterocycles. The van der Waals surface area contributed by atoms with Crippen molar-refractivity contribution in [2.45, 2.75) is 6.92 Å². The minimum absolute atomic E-state index is 0.0185. The lowest BCUT2D eigenvalue weighted by atomic mass is 10.2. The molecule has 0 radical (unpaired) electrons. The quantitative estimate of drug-likeness (QED) is 0.486. The Balaban J connectivity index is 2.29. The molecule has 0 spiro atoms. The summed E-state index contributed by atoms with van der Waals surface area (Å²) in [5.41, 5.74) is 0.198. The molecule has 0 unspecified atom stereocenters. The van der Waals surface area contributed by atoms with Crippen LogP contribution in [0.15, 0.2) is 10.7 Å². The molecule has 0 saturated carbocycles. The number of benzene rings is 1. The Morgan fingerprint density at radius 2 is 2.25 bits per heavy atom. The molecule has 0 aliphatic heterocycles. The number of hydrogen-bond donors (Lipinski definition) is 2. The molecule has 1 aromatic carbocycles. The van der Waals surface area contributed by atoms with Gasteiger partial charge in [-0.05, 0) is 16.4 Å². The number of carbonyl (C=O) groups excluding carboxylic acids is 1. The third-order valence-electron chi connectivity index (χ3n) is 2.38. The zero-order valence-corrected chi connectivity index (χ0v) is 11.0. The van der Waals surface area contributed by atoms with E-state index in [1.807, 2.05) is 0 Å². The highest BCUT2D eigenvalue weighted by atomic mass is 35.5. The first-order valence-corrected chi connectivity index (χ1v) is 5.86. The molecule has 10 heteroatoms. The highest BCUT2D eigenvalue weighted by Crippen LogP contribution is 2.35. The number of ether oxygens (including phenoxy) is 1. The first kappa shape index (κ1) is 14.0. The fourth-order valence-corrected chi connectivity index (χ4v) is 1.83. The molecule has 106 valence electrons. The van der Waals surface area contributed by atoms with Crippen molar-refractivity contribution < 1.29 is 24.3 Å². The fraction of sp³-hybridized carbons (Fsp3) is 0.300. The number of nitrogens with zero attached hydrogens (tertiary/aromatic N) is 3. The number of esters is 1. The van der Waals surface area contributed by atoms with E-state index >= 15 is 0 Å². The highest BCUT2D eigenvalue weighted by Gasteiger charge is 2.28. The number of carbonyl (C=O) groups is 1. The van der Waals surface area contributed by atoms with E-state index in [0.717, 1.165) is 0 Å². The Hall–Kier alpha value is -2.42. The summed E-state index contributed by atoms with van der Waals surface area (Å²) >= 11 is 5.95. The van der Waals surface area contributed by atoms with E-state index in [0.29, 0.717) is 0 Å². The van der Waals surface area contributed by atoms with Crippen molar-refractivity contribution in [3.8, 4) is 0 Å². The SMILES string of the molecule is CC(=O)OCCNc1cc(Cl)c2nonc2c1[N+](=O)O. The summed E-state index contributed by atoms with van der Waals surface area (Å²) in [5.74, 6) is -0.422. The molecule has 0 saturated heterocycles. The maximum absolute atomic E-state index is 11.2. The number of aromatic nitrogens is 2. The molecule has 0 bridgehead atoms. The van der Waals surface area contributed by atoms with Gasteiger partial charge in [-0.1, -0.05) is 11.6 Å². The average Bonchev–Trinajstić information content (AvgIpc) is 2.83. The van der Waals surface area contributed by atoms with Gasteiger partial charge in [0.2, 0.25) is 5.52 Å². The molecule has 2 aromatic rings. The number of fused-ring (bicyclic) bond motifs is 1. The second kappa shape index (κ2) is 5.70. The third kappa shape index (κ3) is 2.77. The highest BCUT2D eigenvalue weighted by molar-refractivity contribution is 6.35. The van der Waals surface area contributed by atoms with Gasteiger partial charge < -0.3 is 10.1 Å². The van der Waals surface area contributed by atoms with E-state index in [1.54, 1.807) is 0 Å². The minimum atomic E-state index is -0.422. The van der Waals surface area contributed by atoms with E-state index in [-0.39, 0.29) is 45.5 Å². The van der Waals surface area contributed by atoms with Crippen LogP contribution in [0, 0.1) is 4.91 Å². The van der Waals surface area contributed by atoms with Gasteiger partial charge >= 0.3 is 11.7 Å². The lowest BCUT2D eigenvalue weighted by Gasteiger charge is -2.06. The maximum atomic E-state index is 11.2. The van der Waals surface area contributed by atoms with Crippen molar-refractivity contribution in [1.82, 2.24) is 10.3 Å². The first-order chi connectivity index (χ1) is 9.50. The molecular formula is C10H10ClN4O5+. The minimum Gasteiger partial charge on any atom is -0.464 e. The Labute approximate surface area is 116 Å². The van der Waals surface area contributed by atoms with Crippen LogP contribution >= 0.6 is 11.6 Å². The van der Waals surface area contributed by atoms with Crippen molar-refractivity contribution in [1.29, 1.82) is 0 Å². The van der Waals surface area contributed by atoms with Crippen molar-refractivity contribution in [2.24, 2.45) is 0 Å². The summed E-state index contributed by atoms with van der Waals surface area (Å²) in [4.78, 5) is 21.5. The van der Waals surface area contributed by atoms with E-state index in [1.165, 1.54) is 13.0 Å². The number of rotatable bonds is 5. The predicted octanol–water partition coefficient (Wildman–Crippen LogP) is 1.65. The van der Waals surface area contributed by atoms with Crippen LogP contribution in [0.5, 0.6) is 0 Å². The average molecular weight is 302 g/mol. The molecule has 0 amide bonds. The Morgan fingerprint density at radius 1 is 1.55 bits per heavy atom. The number of anilines is 1. The van der Waals surface area contributed by atoms with Gasteiger partial charge in [-0.15, -0.1) is 0 Å². The van der Waals surface area contributed by atoms with Crippen molar-refractivity contribution in [2.75, 3.05) is 18.5 Å². The van der Waals surface area contributed by atoms with Crippen molar-refractivity contribution in [3.05, 3.63) is 16.0 Å². The van der Waals surface area contributed by atoms with Gasteiger partial charge in [-0.25, -0.2) is 9.84 Å². The molecule has 0 atom stereocenters. The largest absolute Gasteiger partial charge is 0.464 e. The second-order valence-corrected chi connectivity index (χ2v) is 4.16. The van der Waals surface area contributed by atoms with Gasteiger partial charge in [-0.3, -0.25) is 4.79 Å². The normalized spacial score (nSPS) is 10.5. The number of halogens is 1. The monoisotopic (exact) mass is 301 g/mol. The smallest absolute Gasteiger partial charge is 0.370 e. The van der Waals surface area contributed by atoms with Gasteiger partial charge in [0.1, 0.15) is 12.3 Å². The van der Waals surface area contributed by atoms with Crippen LogP contribution in [0.3, 0.4) is 0 Å². The van der Waals surface area contributed by atoms with Crippen LogP contribution in [-0.2, 0) is 9.53 Å². The van der Waals surface area contributed by atoms with E-state index < -0.39 is 5.97 Å². The molecule has 0 aliphatic carbocycles. The molecule has 1 aromatic heterocycles. The predicted molar refractivity (Wildman–Crippen MR) is 67.0 cm³/mol. The summed E-state index contributed by atoms with van der Waals surface area (Å²) in [6, 6.07) is 1.39. The van der Waals surface area contributed by atoms with Gasteiger partial charge in [-0.2, -0.15) is 0 Å². The van der Waals surface area contributed by atoms with Crippen LogP contribution in [0.25, 0.3) is 11.0 Å². The van der Waals surface area contributed by atoms with E-state index in [9.17, 15) is 9.70 Å². The second-order valence-electron chi connectivity index (χ2n) is 3.76. The third-order valence-corrected chi connectivity index (χ3v) is 2.67. The van der Waals surface area contributed by atoms with Crippen molar-refractivity contribution >= 4 is 40.0 Å². The van der Waals surface area contributed by atoms with Crippen molar-refractivity contribution in [3.63, 3.8) is 0 Å². The molecule has 0 aliphatic rings. The topological polar surface area (TPSA) is 118 Å².